The van der Waals surface area contributed by atoms with Crippen LogP contribution in [0.2, 0.25) is 0 Å². The van der Waals surface area contributed by atoms with Crippen molar-refractivity contribution in [2.45, 2.75) is 31.9 Å². The number of carboxylic acid groups (broad SMARTS) is 1. The quantitative estimate of drug-likeness (QED) is 0.714. The Morgan fingerprint density at radius 1 is 1.22 bits per heavy atom. The molecule has 23 heavy (non-hydrogen) atoms. The molecule has 0 bridgehead atoms. The molecule has 1 aromatic rings. The molecule has 0 aliphatic rings. The number of hydrogen-bond acceptors (Lipinski definition) is 5. The summed E-state index contributed by atoms with van der Waals surface area (Å²) in [5, 5.41) is 11.6. The number of aliphatic carboxylic acids is 1. The van der Waals surface area contributed by atoms with Gasteiger partial charge in [-0.05, 0) is 38.1 Å². The zero-order valence-electron chi connectivity index (χ0n) is 13.8. The van der Waals surface area contributed by atoms with E-state index in [4.69, 9.17) is 19.3 Å². The molecular formula is C16H23NO6. The van der Waals surface area contributed by atoms with Crippen LogP contribution in [-0.4, -0.2) is 49.5 Å². The van der Waals surface area contributed by atoms with Crippen molar-refractivity contribution >= 4 is 11.9 Å². The van der Waals surface area contributed by atoms with Crippen LogP contribution in [0, 0.1) is 0 Å². The van der Waals surface area contributed by atoms with E-state index in [2.05, 4.69) is 5.32 Å². The lowest BCUT2D eigenvalue weighted by Gasteiger charge is -2.29. The molecule has 1 rings (SSSR count). The molecule has 0 heterocycles. The normalized spacial score (nSPS) is 14.4. The van der Waals surface area contributed by atoms with Crippen molar-refractivity contribution in [3.63, 3.8) is 0 Å². The smallest absolute Gasteiger partial charge is 0.305 e. The van der Waals surface area contributed by atoms with Crippen LogP contribution in [-0.2, 0) is 14.3 Å². The summed E-state index contributed by atoms with van der Waals surface area (Å²) in [5.41, 5.74) is -1.00. The van der Waals surface area contributed by atoms with Gasteiger partial charge < -0.3 is 24.6 Å². The van der Waals surface area contributed by atoms with Crippen LogP contribution in [0.1, 0.15) is 20.3 Å². The zero-order valence-corrected chi connectivity index (χ0v) is 13.8. The highest BCUT2D eigenvalue weighted by Crippen LogP contribution is 2.18. The minimum atomic E-state index is -1.02. The molecule has 0 saturated heterocycles. The standard InChI is InChI=1S/C16H23NO6/c1-11(23-13-7-5-12(22-4)6-8-13)15(20)17-16(2,10-21-3)9-14(18)19/h5-8,11H,9-10H2,1-4H3,(H,17,20)(H,18,19). The van der Waals surface area contributed by atoms with E-state index < -0.39 is 23.5 Å². The van der Waals surface area contributed by atoms with E-state index in [1.165, 1.54) is 7.11 Å². The van der Waals surface area contributed by atoms with Crippen molar-refractivity contribution < 1.29 is 28.9 Å². The maximum absolute atomic E-state index is 12.2. The molecular weight excluding hydrogens is 302 g/mol. The topological polar surface area (TPSA) is 94.1 Å². The molecule has 0 aromatic heterocycles. The van der Waals surface area contributed by atoms with Crippen molar-refractivity contribution in [3.05, 3.63) is 24.3 Å². The van der Waals surface area contributed by atoms with Crippen molar-refractivity contribution in [2.75, 3.05) is 20.8 Å². The third-order valence-corrected chi connectivity index (χ3v) is 3.17. The van der Waals surface area contributed by atoms with E-state index in [0.29, 0.717) is 11.5 Å². The molecule has 1 aromatic carbocycles. The molecule has 0 aliphatic heterocycles. The van der Waals surface area contributed by atoms with Gasteiger partial charge in [0.15, 0.2) is 6.10 Å². The summed E-state index contributed by atoms with van der Waals surface area (Å²) in [5.74, 6) is -0.237. The molecule has 2 N–H and O–H groups in total. The first kappa shape index (κ1) is 18.8. The first-order chi connectivity index (χ1) is 10.8. The fourth-order valence-corrected chi connectivity index (χ4v) is 2.09. The van der Waals surface area contributed by atoms with Crippen molar-refractivity contribution in [3.8, 4) is 11.5 Å². The summed E-state index contributed by atoms with van der Waals surface area (Å²) in [6.45, 7) is 3.29. The Kier molecular flexibility index (Phi) is 6.84. The number of benzene rings is 1. The third-order valence-electron chi connectivity index (χ3n) is 3.17. The van der Waals surface area contributed by atoms with Gasteiger partial charge in [0.25, 0.3) is 5.91 Å². The molecule has 128 valence electrons. The molecule has 7 heteroatoms. The highest BCUT2D eigenvalue weighted by atomic mass is 16.5. The number of nitrogens with one attached hydrogen (secondary N) is 1. The van der Waals surface area contributed by atoms with E-state index in [0.717, 1.165) is 0 Å². The van der Waals surface area contributed by atoms with Crippen LogP contribution in [0.25, 0.3) is 0 Å². The van der Waals surface area contributed by atoms with Gasteiger partial charge in [-0.3, -0.25) is 9.59 Å². The molecule has 0 fully saturated rings. The van der Waals surface area contributed by atoms with E-state index >= 15 is 0 Å². The lowest BCUT2D eigenvalue weighted by atomic mass is 9.98. The number of amides is 1. The van der Waals surface area contributed by atoms with Gasteiger partial charge in [-0.2, -0.15) is 0 Å². The number of methoxy groups -OCH3 is 2. The Hall–Kier alpha value is -2.28. The molecule has 2 unspecified atom stereocenters. The minimum absolute atomic E-state index is 0.0836. The monoisotopic (exact) mass is 325 g/mol. The maximum atomic E-state index is 12.2. The fraction of sp³-hybridized carbons (Fsp3) is 0.500. The Morgan fingerprint density at radius 2 is 1.78 bits per heavy atom. The summed E-state index contributed by atoms with van der Waals surface area (Å²) in [6.07, 6.45) is -1.03. The summed E-state index contributed by atoms with van der Waals surface area (Å²) in [6, 6.07) is 6.82. The van der Waals surface area contributed by atoms with Gasteiger partial charge in [0.05, 0.1) is 25.7 Å². The fourth-order valence-electron chi connectivity index (χ4n) is 2.09. The average Bonchev–Trinajstić information content (AvgIpc) is 2.47. The van der Waals surface area contributed by atoms with E-state index in [9.17, 15) is 9.59 Å². The van der Waals surface area contributed by atoms with Crippen LogP contribution in [0.3, 0.4) is 0 Å². The first-order valence-electron chi connectivity index (χ1n) is 7.13. The Balaban J connectivity index is 2.68. The molecule has 0 saturated carbocycles. The van der Waals surface area contributed by atoms with Crippen LogP contribution < -0.4 is 14.8 Å². The summed E-state index contributed by atoms with van der Waals surface area (Å²) in [7, 11) is 3.01. The molecule has 0 aliphatic carbocycles. The largest absolute Gasteiger partial charge is 0.497 e. The van der Waals surface area contributed by atoms with Gasteiger partial charge in [0.2, 0.25) is 0 Å². The third kappa shape index (κ3) is 6.15. The molecule has 2 atom stereocenters. The van der Waals surface area contributed by atoms with Crippen molar-refractivity contribution in [1.82, 2.24) is 5.32 Å². The minimum Gasteiger partial charge on any atom is -0.497 e. The van der Waals surface area contributed by atoms with E-state index in [-0.39, 0.29) is 13.0 Å². The van der Waals surface area contributed by atoms with Gasteiger partial charge in [0, 0.05) is 7.11 Å². The van der Waals surface area contributed by atoms with Crippen LogP contribution >= 0.6 is 0 Å². The molecule has 0 spiro atoms. The summed E-state index contributed by atoms with van der Waals surface area (Å²) in [4.78, 5) is 23.2. The molecule has 0 radical (unpaired) electrons. The number of carboxylic acids is 1. The Morgan fingerprint density at radius 3 is 2.26 bits per heavy atom. The molecule has 7 nitrogen and oxygen atoms in total. The van der Waals surface area contributed by atoms with Crippen LogP contribution in [0.4, 0.5) is 0 Å². The second-order valence-corrected chi connectivity index (χ2v) is 5.49. The highest BCUT2D eigenvalue weighted by Gasteiger charge is 2.31. The highest BCUT2D eigenvalue weighted by molar-refractivity contribution is 5.82. The van der Waals surface area contributed by atoms with Crippen molar-refractivity contribution in [2.24, 2.45) is 0 Å². The van der Waals surface area contributed by atoms with Gasteiger partial charge in [-0.15, -0.1) is 0 Å². The van der Waals surface area contributed by atoms with Crippen LogP contribution in [0.15, 0.2) is 24.3 Å². The lowest BCUT2D eigenvalue weighted by molar-refractivity contribution is -0.140. The summed E-state index contributed by atoms with van der Waals surface area (Å²) < 4.78 is 15.6. The van der Waals surface area contributed by atoms with Gasteiger partial charge >= 0.3 is 5.97 Å². The van der Waals surface area contributed by atoms with Gasteiger partial charge in [-0.1, -0.05) is 0 Å². The van der Waals surface area contributed by atoms with E-state index in [1.54, 1.807) is 45.2 Å². The summed E-state index contributed by atoms with van der Waals surface area (Å²) >= 11 is 0. The number of hydrogen-bond donors (Lipinski definition) is 2. The SMILES string of the molecule is COCC(C)(CC(=O)O)NC(=O)C(C)Oc1ccc(OC)cc1. The second kappa shape index (κ2) is 8.38. The lowest BCUT2D eigenvalue weighted by Crippen LogP contribution is -2.54. The average molecular weight is 325 g/mol. The number of rotatable bonds is 9. The number of carbonyl (C=O) groups is 2. The van der Waals surface area contributed by atoms with Gasteiger partial charge in [0.1, 0.15) is 11.5 Å². The maximum Gasteiger partial charge on any atom is 0.305 e. The first-order valence-corrected chi connectivity index (χ1v) is 7.13. The van der Waals surface area contributed by atoms with Crippen LogP contribution in [0.5, 0.6) is 11.5 Å². The zero-order chi connectivity index (χ0) is 17.5. The van der Waals surface area contributed by atoms with Gasteiger partial charge in [-0.25, -0.2) is 0 Å². The predicted molar refractivity (Wildman–Crippen MR) is 83.8 cm³/mol. The second-order valence-electron chi connectivity index (χ2n) is 5.49. The number of ether oxygens (including phenoxy) is 3. The Labute approximate surface area is 135 Å². The number of carbonyl (C=O) groups excluding carboxylic acids is 1. The predicted octanol–water partition coefficient (Wildman–Crippen LogP) is 1.46. The van der Waals surface area contributed by atoms with E-state index in [1.807, 2.05) is 0 Å². The molecule has 1 amide bonds. The Bertz CT molecular complexity index is 530. The van der Waals surface area contributed by atoms with Crippen molar-refractivity contribution in [1.29, 1.82) is 0 Å².